The van der Waals surface area contributed by atoms with Gasteiger partial charge in [-0.25, -0.2) is 4.79 Å². The lowest BCUT2D eigenvalue weighted by Crippen LogP contribution is -2.06. The number of aromatic carboxylic acids is 1. The quantitative estimate of drug-likeness (QED) is 0.638. The molecule has 1 N–H and O–H groups in total. The molecule has 0 aliphatic rings. The maximum absolute atomic E-state index is 11.0. The zero-order chi connectivity index (χ0) is 9.14. The molecule has 0 heterocycles. The maximum atomic E-state index is 11.0. The molecule has 1 aromatic carbocycles. The van der Waals surface area contributed by atoms with Crippen LogP contribution < -0.4 is 5.11 Å². The standard InChI is InChI=1S/C8H6O4/c9-4-5-2-1-3-6(7(5)10)8(11)12/h1-4,10H,(H,11,12)/p-1. The number of carbonyl (C=O) groups is 2. The fourth-order valence-electron chi connectivity index (χ4n) is 0.816. The number of aldehydes is 1. The highest BCUT2D eigenvalue weighted by molar-refractivity contribution is 5.94. The topological polar surface area (TPSA) is 77.4 Å². The molecular weight excluding hydrogens is 160 g/mol. The molecule has 4 heteroatoms. The fourth-order valence-corrected chi connectivity index (χ4v) is 0.816. The van der Waals surface area contributed by atoms with Gasteiger partial charge in [-0.05, 0) is 6.07 Å². The third kappa shape index (κ3) is 1.27. The van der Waals surface area contributed by atoms with Gasteiger partial charge in [0.2, 0.25) is 0 Å². The molecular formula is C8H5O4-. The molecule has 0 saturated carbocycles. The van der Waals surface area contributed by atoms with Crippen LogP contribution in [-0.2, 0) is 0 Å². The van der Waals surface area contributed by atoms with E-state index in [1.165, 1.54) is 12.1 Å². The van der Waals surface area contributed by atoms with Gasteiger partial charge >= 0.3 is 5.97 Å². The Morgan fingerprint density at radius 3 is 2.67 bits per heavy atom. The third-order valence-corrected chi connectivity index (χ3v) is 1.40. The van der Waals surface area contributed by atoms with Crippen molar-refractivity contribution in [2.24, 2.45) is 0 Å². The summed E-state index contributed by atoms with van der Waals surface area (Å²) in [6.07, 6.45) is 0.342. The van der Waals surface area contributed by atoms with E-state index in [1.807, 2.05) is 0 Å². The Balaban J connectivity index is 3.32. The lowest BCUT2D eigenvalue weighted by atomic mass is 10.1. The third-order valence-electron chi connectivity index (χ3n) is 1.40. The van der Waals surface area contributed by atoms with Gasteiger partial charge in [0.25, 0.3) is 0 Å². The Hall–Kier alpha value is -1.84. The number of carbonyl (C=O) groups excluding carboxylic acids is 1. The normalized spacial score (nSPS) is 9.33. The van der Waals surface area contributed by atoms with Crippen LogP contribution in [0, 0.1) is 0 Å². The van der Waals surface area contributed by atoms with Crippen molar-refractivity contribution < 1.29 is 19.8 Å². The molecule has 0 bridgehead atoms. The van der Waals surface area contributed by atoms with Crippen molar-refractivity contribution in [2.75, 3.05) is 0 Å². The zero-order valence-corrected chi connectivity index (χ0v) is 5.98. The first kappa shape index (κ1) is 8.26. The number of carboxylic acids is 1. The SMILES string of the molecule is O=Cc1cccc(C(=O)O)c1[O-]. The predicted octanol–water partition coefficient (Wildman–Crippen LogP) is 0.271. The summed E-state index contributed by atoms with van der Waals surface area (Å²) in [5, 5.41) is 19.5. The number of benzene rings is 1. The summed E-state index contributed by atoms with van der Waals surface area (Å²) >= 11 is 0. The van der Waals surface area contributed by atoms with Gasteiger partial charge in [0, 0.05) is 5.56 Å². The molecule has 1 aromatic rings. The van der Waals surface area contributed by atoms with Crippen molar-refractivity contribution >= 4 is 12.3 Å². The average molecular weight is 165 g/mol. The van der Waals surface area contributed by atoms with Crippen LogP contribution in [0.4, 0.5) is 0 Å². The number of hydrogen-bond acceptors (Lipinski definition) is 3. The Morgan fingerprint density at radius 1 is 1.50 bits per heavy atom. The van der Waals surface area contributed by atoms with Crippen LogP contribution in [0.15, 0.2) is 18.2 Å². The average Bonchev–Trinajstić information content (AvgIpc) is 2.04. The predicted molar refractivity (Wildman–Crippen MR) is 38.2 cm³/mol. The van der Waals surface area contributed by atoms with Gasteiger partial charge < -0.3 is 10.2 Å². The highest BCUT2D eigenvalue weighted by atomic mass is 16.4. The van der Waals surface area contributed by atoms with E-state index in [2.05, 4.69) is 0 Å². The summed E-state index contributed by atoms with van der Waals surface area (Å²) < 4.78 is 0. The Kier molecular flexibility index (Phi) is 2.09. The van der Waals surface area contributed by atoms with Crippen molar-refractivity contribution in [3.63, 3.8) is 0 Å². The van der Waals surface area contributed by atoms with Gasteiger partial charge in [0.1, 0.15) is 6.29 Å². The second-order valence-electron chi connectivity index (χ2n) is 2.15. The zero-order valence-electron chi connectivity index (χ0n) is 5.98. The van der Waals surface area contributed by atoms with E-state index in [0.717, 1.165) is 6.07 Å². The van der Waals surface area contributed by atoms with Gasteiger partial charge in [0.15, 0.2) is 0 Å². The molecule has 0 radical (unpaired) electrons. The number of rotatable bonds is 2. The van der Waals surface area contributed by atoms with E-state index in [4.69, 9.17) is 5.11 Å². The van der Waals surface area contributed by atoms with Crippen LogP contribution in [0.5, 0.6) is 5.75 Å². The molecule has 0 unspecified atom stereocenters. The summed E-state index contributed by atoms with van der Waals surface area (Å²) in [6, 6.07) is 3.80. The lowest BCUT2D eigenvalue weighted by Gasteiger charge is -2.11. The summed E-state index contributed by atoms with van der Waals surface area (Å²) in [7, 11) is 0. The summed E-state index contributed by atoms with van der Waals surface area (Å²) in [5.41, 5.74) is -0.505. The molecule has 0 atom stereocenters. The smallest absolute Gasteiger partial charge is 0.335 e. The van der Waals surface area contributed by atoms with Crippen molar-refractivity contribution in [1.29, 1.82) is 0 Å². The van der Waals surface area contributed by atoms with Gasteiger partial charge in [-0.3, -0.25) is 4.79 Å². The first-order chi connectivity index (χ1) is 5.66. The second-order valence-corrected chi connectivity index (χ2v) is 2.15. The maximum Gasteiger partial charge on any atom is 0.335 e. The Bertz CT molecular complexity index is 330. The van der Waals surface area contributed by atoms with Gasteiger partial charge in [-0.15, -0.1) is 0 Å². The second kappa shape index (κ2) is 3.04. The molecule has 0 saturated heterocycles. The highest BCUT2D eigenvalue weighted by Crippen LogP contribution is 2.16. The van der Waals surface area contributed by atoms with Crippen molar-refractivity contribution in [3.05, 3.63) is 29.3 Å². The summed E-state index contributed by atoms with van der Waals surface area (Å²) in [5.74, 6) is -2.05. The minimum atomic E-state index is -1.32. The van der Waals surface area contributed by atoms with Gasteiger partial charge in [-0.2, -0.15) is 0 Å². The first-order valence-electron chi connectivity index (χ1n) is 3.15. The number of para-hydroxylation sites is 1. The molecule has 0 spiro atoms. The molecule has 0 aliphatic heterocycles. The van der Waals surface area contributed by atoms with Crippen LogP contribution in [0.2, 0.25) is 0 Å². The minimum Gasteiger partial charge on any atom is -0.871 e. The minimum absolute atomic E-state index is 0.130. The van der Waals surface area contributed by atoms with E-state index >= 15 is 0 Å². The van der Waals surface area contributed by atoms with Crippen LogP contribution in [0.1, 0.15) is 20.7 Å². The van der Waals surface area contributed by atoms with Crippen molar-refractivity contribution in [1.82, 2.24) is 0 Å². The molecule has 62 valence electrons. The molecule has 0 aromatic heterocycles. The van der Waals surface area contributed by atoms with Crippen LogP contribution in [0.25, 0.3) is 0 Å². The van der Waals surface area contributed by atoms with Crippen molar-refractivity contribution in [2.45, 2.75) is 0 Å². The molecule has 0 amide bonds. The largest absolute Gasteiger partial charge is 0.871 e. The molecule has 0 fully saturated rings. The van der Waals surface area contributed by atoms with Crippen LogP contribution in [0.3, 0.4) is 0 Å². The van der Waals surface area contributed by atoms with Crippen LogP contribution in [-0.4, -0.2) is 17.4 Å². The monoisotopic (exact) mass is 165 g/mol. The van der Waals surface area contributed by atoms with E-state index in [1.54, 1.807) is 0 Å². The molecule has 4 nitrogen and oxygen atoms in total. The van der Waals surface area contributed by atoms with E-state index in [-0.39, 0.29) is 11.1 Å². The molecule has 1 rings (SSSR count). The van der Waals surface area contributed by atoms with Crippen LogP contribution >= 0.6 is 0 Å². The van der Waals surface area contributed by atoms with E-state index < -0.39 is 11.7 Å². The fraction of sp³-hybridized carbons (Fsp3) is 0. The number of carboxylic acid groups (broad SMARTS) is 1. The lowest BCUT2D eigenvalue weighted by molar-refractivity contribution is -0.269. The molecule has 0 aliphatic carbocycles. The Labute approximate surface area is 68.1 Å². The van der Waals surface area contributed by atoms with Crippen molar-refractivity contribution in [3.8, 4) is 5.75 Å². The van der Waals surface area contributed by atoms with E-state index in [9.17, 15) is 14.7 Å². The number of hydrogen-bond donors (Lipinski definition) is 1. The van der Waals surface area contributed by atoms with Gasteiger partial charge in [-0.1, -0.05) is 17.9 Å². The van der Waals surface area contributed by atoms with Gasteiger partial charge in [0.05, 0.1) is 5.56 Å². The first-order valence-corrected chi connectivity index (χ1v) is 3.15. The summed E-state index contributed by atoms with van der Waals surface area (Å²) in [6.45, 7) is 0. The molecule has 12 heavy (non-hydrogen) atoms. The van der Waals surface area contributed by atoms with E-state index in [0.29, 0.717) is 6.29 Å². The summed E-state index contributed by atoms with van der Waals surface area (Å²) in [4.78, 5) is 20.6. The highest BCUT2D eigenvalue weighted by Gasteiger charge is 2.04. The Morgan fingerprint density at radius 2 is 2.17 bits per heavy atom.